The van der Waals surface area contributed by atoms with E-state index < -0.39 is 0 Å². The molecule has 0 spiro atoms. The van der Waals surface area contributed by atoms with Crippen LogP contribution in [0.4, 0.5) is 0 Å². The van der Waals surface area contributed by atoms with Crippen LogP contribution < -0.4 is 11.1 Å². The van der Waals surface area contributed by atoms with Gasteiger partial charge in [-0.25, -0.2) is 0 Å². The Morgan fingerprint density at radius 3 is 2.94 bits per heavy atom. The summed E-state index contributed by atoms with van der Waals surface area (Å²) in [6.45, 7) is 2.91. The molecule has 1 unspecified atom stereocenters. The van der Waals surface area contributed by atoms with E-state index in [0.29, 0.717) is 18.2 Å². The number of nitrogens with zero attached hydrogens (tertiary/aromatic N) is 1. The zero-order valence-corrected chi connectivity index (χ0v) is 10.1. The quantitative estimate of drug-likeness (QED) is 0.799. The summed E-state index contributed by atoms with van der Waals surface area (Å²) in [6.07, 6.45) is 1.16. The van der Waals surface area contributed by atoms with Gasteiger partial charge in [-0.2, -0.15) is 0 Å². The van der Waals surface area contributed by atoms with Crippen LogP contribution in [0, 0.1) is 0 Å². The molecule has 17 heavy (non-hydrogen) atoms. The van der Waals surface area contributed by atoms with E-state index in [1.54, 1.807) is 6.07 Å². The molecule has 1 atom stereocenters. The summed E-state index contributed by atoms with van der Waals surface area (Å²) >= 11 is 0. The van der Waals surface area contributed by atoms with Crippen molar-refractivity contribution in [2.75, 3.05) is 20.1 Å². The van der Waals surface area contributed by atoms with Crippen LogP contribution in [0.1, 0.15) is 22.3 Å². The number of carbonyl (C=O) groups is 1. The third kappa shape index (κ3) is 3.05. The fraction of sp³-hybridized carbons (Fsp3) is 0.462. The first-order chi connectivity index (χ1) is 8.16. The number of hydrogen-bond acceptors (Lipinski definition) is 3. The molecule has 1 amide bonds. The van der Waals surface area contributed by atoms with Gasteiger partial charge in [0.05, 0.1) is 0 Å². The molecule has 0 bridgehead atoms. The Morgan fingerprint density at radius 1 is 1.53 bits per heavy atom. The van der Waals surface area contributed by atoms with Gasteiger partial charge in [-0.15, -0.1) is 0 Å². The van der Waals surface area contributed by atoms with Crippen LogP contribution in [0.15, 0.2) is 24.3 Å². The first-order valence-corrected chi connectivity index (χ1v) is 5.96. The number of carbonyl (C=O) groups excluding carboxylic acids is 1. The fourth-order valence-corrected chi connectivity index (χ4v) is 2.27. The molecule has 1 aromatic rings. The van der Waals surface area contributed by atoms with E-state index >= 15 is 0 Å². The van der Waals surface area contributed by atoms with Crippen molar-refractivity contribution in [3.63, 3.8) is 0 Å². The van der Waals surface area contributed by atoms with Gasteiger partial charge in [-0.05, 0) is 31.6 Å². The highest BCUT2D eigenvalue weighted by molar-refractivity contribution is 5.94. The number of amides is 1. The second-order valence-electron chi connectivity index (χ2n) is 4.65. The van der Waals surface area contributed by atoms with E-state index in [1.165, 1.54) is 0 Å². The number of nitrogens with two attached hydrogens (primary N) is 1. The average Bonchev–Trinajstić information content (AvgIpc) is 2.73. The maximum Gasteiger partial charge on any atom is 0.249 e. The Hall–Kier alpha value is -1.39. The Bertz CT molecular complexity index is 405. The third-order valence-corrected chi connectivity index (χ3v) is 3.26. The largest absolute Gasteiger partial charge is 0.366 e. The van der Waals surface area contributed by atoms with Crippen molar-refractivity contribution in [3.8, 4) is 0 Å². The second-order valence-corrected chi connectivity index (χ2v) is 4.65. The monoisotopic (exact) mass is 233 g/mol. The molecule has 0 aromatic heterocycles. The predicted molar refractivity (Wildman–Crippen MR) is 67.7 cm³/mol. The van der Waals surface area contributed by atoms with Crippen LogP contribution in [0.25, 0.3) is 0 Å². The van der Waals surface area contributed by atoms with Gasteiger partial charge in [-0.3, -0.25) is 4.79 Å². The molecular weight excluding hydrogens is 214 g/mol. The topological polar surface area (TPSA) is 58.4 Å². The summed E-state index contributed by atoms with van der Waals surface area (Å²) in [7, 11) is 2.12. The second kappa shape index (κ2) is 5.29. The zero-order chi connectivity index (χ0) is 12.3. The van der Waals surface area contributed by atoms with Crippen molar-refractivity contribution in [1.82, 2.24) is 10.2 Å². The van der Waals surface area contributed by atoms with Crippen molar-refractivity contribution < 1.29 is 4.79 Å². The first kappa shape index (κ1) is 12.1. The van der Waals surface area contributed by atoms with Crippen molar-refractivity contribution in [2.24, 2.45) is 5.73 Å². The van der Waals surface area contributed by atoms with Crippen molar-refractivity contribution in [1.29, 1.82) is 0 Å². The van der Waals surface area contributed by atoms with Crippen LogP contribution in [0.2, 0.25) is 0 Å². The molecule has 0 aliphatic carbocycles. The van der Waals surface area contributed by atoms with Gasteiger partial charge in [0.25, 0.3) is 0 Å². The van der Waals surface area contributed by atoms with Gasteiger partial charge in [0.1, 0.15) is 0 Å². The van der Waals surface area contributed by atoms with Gasteiger partial charge in [0.2, 0.25) is 5.91 Å². The summed E-state index contributed by atoms with van der Waals surface area (Å²) < 4.78 is 0. The molecule has 1 saturated heterocycles. The Balaban J connectivity index is 1.97. The molecule has 4 nitrogen and oxygen atoms in total. The molecule has 0 saturated carbocycles. The molecule has 1 heterocycles. The van der Waals surface area contributed by atoms with E-state index in [4.69, 9.17) is 5.73 Å². The first-order valence-electron chi connectivity index (χ1n) is 5.96. The van der Waals surface area contributed by atoms with Crippen molar-refractivity contribution >= 4 is 5.91 Å². The van der Waals surface area contributed by atoms with Gasteiger partial charge in [0, 0.05) is 24.7 Å². The lowest BCUT2D eigenvalue weighted by Gasteiger charge is -2.14. The summed E-state index contributed by atoms with van der Waals surface area (Å²) in [5, 5.41) is 3.47. The van der Waals surface area contributed by atoms with Crippen LogP contribution >= 0.6 is 0 Å². The highest BCUT2D eigenvalue weighted by Gasteiger charge is 2.19. The van der Waals surface area contributed by atoms with Gasteiger partial charge in [0.15, 0.2) is 0 Å². The lowest BCUT2D eigenvalue weighted by molar-refractivity contribution is 0.0999. The Kier molecular flexibility index (Phi) is 3.76. The number of rotatable bonds is 4. The number of benzene rings is 1. The average molecular weight is 233 g/mol. The van der Waals surface area contributed by atoms with Crippen molar-refractivity contribution in [3.05, 3.63) is 35.4 Å². The van der Waals surface area contributed by atoms with E-state index in [9.17, 15) is 4.79 Å². The predicted octanol–water partition coefficient (Wildman–Crippen LogP) is 0.579. The smallest absolute Gasteiger partial charge is 0.249 e. The van der Waals surface area contributed by atoms with E-state index in [2.05, 4.69) is 17.3 Å². The molecule has 4 heteroatoms. The Morgan fingerprint density at radius 2 is 2.29 bits per heavy atom. The van der Waals surface area contributed by atoms with Crippen LogP contribution in [0.5, 0.6) is 0 Å². The maximum atomic E-state index is 11.3. The number of likely N-dealkylation sites (N-methyl/N-ethyl adjacent to an activating group) is 1. The van der Waals surface area contributed by atoms with Gasteiger partial charge >= 0.3 is 0 Å². The summed E-state index contributed by atoms with van der Waals surface area (Å²) in [5.41, 5.74) is 6.94. The number of primary amides is 1. The minimum Gasteiger partial charge on any atom is -0.366 e. The van der Waals surface area contributed by atoms with Crippen LogP contribution in [0.3, 0.4) is 0 Å². The molecule has 0 radical (unpaired) electrons. The SMILES string of the molecule is CN1CCC(NCc2ccccc2C(N)=O)C1. The molecule has 1 fully saturated rings. The minimum atomic E-state index is -0.356. The summed E-state index contributed by atoms with van der Waals surface area (Å²) in [6, 6.07) is 8.02. The van der Waals surface area contributed by atoms with Gasteiger partial charge < -0.3 is 16.0 Å². The molecular formula is C13H19N3O. The molecule has 2 rings (SSSR count). The van der Waals surface area contributed by atoms with Crippen LogP contribution in [-0.4, -0.2) is 37.0 Å². The van der Waals surface area contributed by atoms with E-state index in [1.807, 2.05) is 18.2 Å². The third-order valence-electron chi connectivity index (χ3n) is 3.26. The standard InChI is InChI=1S/C13H19N3O/c1-16-7-6-11(9-16)15-8-10-4-2-3-5-12(10)13(14)17/h2-5,11,15H,6-9H2,1H3,(H2,14,17). The molecule has 3 N–H and O–H groups in total. The highest BCUT2D eigenvalue weighted by atomic mass is 16.1. The molecule has 92 valence electrons. The lowest BCUT2D eigenvalue weighted by atomic mass is 10.1. The van der Waals surface area contributed by atoms with Gasteiger partial charge in [-0.1, -0.05) is 18.2 Å². The zero-order valence-electron chi connectivity index (χ0n) is 10.1. The summed E-state index contributed by atoms with van der Waals surface area (Å²) in [5.74, 6) is -0.356. The summed E-state index contributed by atoms with van der Waals surface area (Å²) in [4.78, 5) is 13.6. The number of likely N-dealkylation sites (tertiary alicyclic amines) is 1. The normalized spacial score (nSPS) is 20.6. The minimum absolute atomic E-state index is 0.356. The fourth-order valence-electron chi connectivity index (χ4n) is 2.27. The highest BCUT2D eigenvalue weighted by Crippen LogP contribution is 2.11. The maximum absolute atomic E-state index is 11.3. The van der Waals surface area contributed by atoms with Crippen LogP contribution in [-0.2, 0) is 6.54 Å². The lowest BCUT2D eigenvalue weighted by Crippen LogP contribution is -2.31. The number of hydrogen-bond donors (Lipinski definition) is 2. The Labute approximate surface area is 102 Å². The van der Waals surface area contributed by atoms with E-state index in [-0.39, 0.29) is 5.91 Å². The van der Waals surface area contributed by atoms with E-state index in [0.717, 1.165) is 25.1 Å². The molecule has 1 aliphatic heterocycles. The molecule has 1 aliphatic rings. The van der Waals surface area contributed by atoms with Crippen molar-refractivity contribution in [2.45, 2.75) is 19.0 Å². The molecule has 1 aromatic carbocycles. The number of nitrogens with one attached hydrogen (secondary N) is 1.